The number of benzene rings is 2. The standard InChI is InChI=1S/C17H18N4O3/c1-2-16(19-14-8-4-3-5-9-14)17(22)20-18-12-13-7-6-10-15(11-13)21(23)24/h3-12,16,19H,2H2,1H3,(H,20,22)/b18-12-/t16-/m1/s1. The van der Waals surface area contributed by atoms with E-state index in [-0.39, 0.29) is 11.6 Å². The Hall–Kier alpha value is -3.22. The highest BCUT2D eigenvalue weighted by molar-refractivity contribution is 5.86. The van der Waals surface area contributed by atoms with Gasteiger partial charge in [-0.1, -0.05) is 37.3 Å². The zero-order valence-electron chi connectivity index (χ0n) is 13.2. The summed E-state index contributed by atoms with van der Waals surface area (Å²) < 4.78 is 0. The van der Waals surface area contributed by atoms with Crippen molar-refractivity contribution in [2.75, 3.05) is 5.32 Å². The van der Waals surface area contributed by atoms with Gasteiger partial charge in [0.25, 0.3) is 11.6 Å². The molecule has 2 N–H and O–H groups in total. The van der Waals surface area contributed by atoms with Gasteiger partial charge in [-0.25, -0.2) is 5.43 Å². The fraction of sp³-hybridized carbons (Fsp3) is 0.176. The Bertz CT molecular complexity index is 732. The van der Waals surface area contributed by atoms with Crippen LogP contribution in [0.2, 0.25) is 0 Å². The summed E-state index contributed by atoms with van der Waals surface area (Å²) in [6, 6.07) is 15.0. The molecule has 0 aliphatic carbocycles. The molecular formula is C17H18N4O3. The Morgan fingerprint density at radius 2 is 2.00 bits per heavy atom. The van der Waals surface area contributed by atoms with Crippen LogP contribution in [-0.4, -0.2) is 23.1 Å². The minimum atomic E-state index is -0.479. The van der Waals surface area contributed by atoms with E-state index in [1.807, 2.05) is 37.3 Å². The number of nitrogens with zero attached hydrogens (tertiary/aromatic N) is 2. The Balaban J connectivity index is 1.95. The first-order valence-corrected chi connectivity index (χ1v) is 7.49. The Morgan fingerprint density at radius 3 is 2.67 bits per heavy atom. The number of carbonyl (C=O) groups excluding carboxylic acids is 1. The van der Waals surface area contributed by atoms with Crippen LogP contribution < -0.4 is 10.7 Å². The van der Waals surface area contributed by atoms with Crippen LogP contribution in [0.1, 0.15) is 18.9 Å². The summed E-state index contributed by atoms with van der Waals surface area (Å²) in [5, 5.41) is 17.7. The van der Waals surface area contributed by atoms with E-state index in [0.29, 0.717) is 12.0 Å². The number of hydrogen-bond donors (Lipinski definition) is 2. The SMILES string of the molecule is CC[C@@H](Nc1ccccc1)C(=O)N/N=C\c1cccc([N+](=O)[O-])c1. The van der Waals surface area contributed by atoms with Gasteiger partial charge in [0.2, 0.25) is 0 Å². The van der Waals surface area contributed by atoms with Crippen LogP contribution in [-0.2, 0) is 4.79 Å². The van der Waals surface area contributed by atoms with Gasteiger partial charge in [-0.05, 0) is 18.6 Å². The lowest BCUT2D eigenvalue weighted by atomic mass is 10.2. The predicted molar refractivity (Wildman–Crippen MR) is 93.0 cm³/mol. The number of carbonyl (C=O) groups is 1. The predicted octanol–water partition coefficient (Wildman–Crippen LogP) is 2.94. The third-order valence-corrected chi connectivity index (χ3v) is 3.31. The normalized spacial score (nSPS) is 11.9. The number of rotatable bonds is 7. The molecule has 2 aromatic carbocycles. The number of hydrogen-bond acceptors (Lipinski definition) is 5. The molecule has 124 valence electrons. The fourth-order valence-electron chi connectivity index (χ4n) is 2.06. The maximum atomic E-state index is 12.1. The van der Waals surface area contributed by atoms with Crippen molar-refractivity contribution in [3.05, 3.63) is 70.3 Å². The Kier molecular flexibility index (Phi) is 6.01. The average Bonchev–Trinajstić information content (AvgIpc) is 2.60. The first kappa shape index (κ1) is 17.1. The summed E-state index contributed by atoms with van der Waals surface area (Å²) >= 11 is 0. The zero-order valence-corrected chi connectivity index (χ0v) is 13.2. The number of non-ortho nitro benzene ring substituents is 1. The van der Waals surface area contributed by atoms with Gasteiger partial charge in [0.1, 0.15) is 6.04 Å². The van der Waals surface area contributed by atoms with E-state index in [4.69, 9.17) is 0 Å². The maximum Gasteiger partial charge on any atom is 0.270 e. The van der Waals surface area contributed by atoms with Crippen molar-refractivity contribution in [1.29, 1.82) is 0 Å². The molecule has 0 spiro atoms. The molecular weight excluding hydrogens is 308 g/mol. The van der Waals surface area contributed by atoms with E-state index < -0.39 is 11.0 Å². The van der Waals surface area contributed by atoms with Crippen molar-refractivity contribution in [1.82, 2.24) is 5.43 Å². The van der Waals surface area contributed by atoms with Crippen molar-refractivity contribution < 1.29 is 9.72 Å². The molecule has 0 saturated carbocycles. The first-order valence-electron chi connectivity index (χ1n) is 7.49. The van der Waals surface area contributed by atoms with E-state index >= 15 is 0 Å². The maximum absolute atomic E-state index is 12.1. The second-order valence-corrected chi connectivity index (χ2v) is 5.06. The van der Waals surface area contributed by atoms with E-state index in [2.05, 4.69) is 15.8 Å². The average molecular weight is 326 g/mol. The van der Waals surface area contributed by atoms with Crippen molar-refractivity contribution in [2.24, 2.45) is 5.10 Å². The molecule has 0 aliphatic heterocycles. The summed E-state index contributed by atoms with van der Waals surface area (Å²) in [5.74, 6) is -0.275. The van der Waals surface area contributed by atoms with Gasteiger partial charge in [-0.2, -0.15) is 5.10 Å². The van der Waals surface area contributed by atoms with Crippen LogP contribution in [0.5, 0.6) is 0 Å². The van der Waals surface area contributed by atoms with Gasteiger partial charge in [0, 0.05) is 23.4 Å². The highest BCUT2D eigenvalue weighted by Crippen LogP contribution is 2.11. The lowest BCUT2D eigenvalue weighted by molar-refractivity contribution is -0.384. The van der Waals surface area contributed by atoms with Crippen LogP contribution >= 0.6 is 0 Å². The van der Waals surface area contributed by atoms with Gasteiger partial charge < -0.3 is 5.32 Å². The van der Waals surface area contributed by atoms with E-state index in [9.17, 15) is 14.9 Å². The molecule has 7 nitrogen and oxygen atoms in total. The van der Waals surface area contributed by atoms with E-state index in [1.54, 1.807) is 12.1 Å². The second kappa shape index (κ2) is 8.42. The summed E-state index contributed by atoms with van der Waals surface area (Å²) in [7, 11) is 0. The van der Waals surface area contributed by atoms with Crippen molar-refractivity contribution in [3.8, 4) is 0 Å². The molecule has 1 amide bonds. The van der Waals surface area contributed by atoms with Gasteiger partial charge >= 0.3 is 0 Å². The van der Waals surface area contributed by atoms with Crippen LogP contribution in [0.25, 0.3) is 0 Å². The number of amides is 1. The Morgan fingerprint density at radius 1 is 1.25 bits per heavy atom. The summed E-state index contributed by atoms with van der Waals surface area (Å²) in [6.45, 7) is 1.89. The first-order chi connectivity index (χ1) is 11.6. The van der Waals surface area contributed by atoms with Gasteiger partial charge in [0.05, 0.1) is 11.1 Å². The quantitative estimate of drug-likeness (QED) is 0.464. The van der Waals surface area contributed by atoms with Crippen LogP contribution in [0.3, 0.4) is 0 Å². The number of para-hydroxylation sites is 1. The fourth-order valence-corrected chi connectivity index (χ4v) is 2.06. The molecule has 0 fully saturated rings. The number of anilines is 1. The summed E-state index contributed by atoms with van der Waals surface area (Å²) in [6.07, 6.45) is 1.97. The lowest BCUT2D eigenvalue weighted by Crippen LogP contribution is -2.36. The molecule has 0 unspecified atom stereocenters. The van der Waals surface area contributed by atoms with Crippen molar-refractivity contribution in [3.63, 3.8) is 0 Å². The second-order valence-electron chi connectivity index (χ2n) is 5.06. The summed E-state index contributed by atoms with van der Waals surface area (Å²) in [5.41, 5.74) is 3.81. The molecule has 0 radical (unpaired) electrons. The van der Waals surface area contributed by atoms with Crippen molar-refractivity contribution >= 4 is 23.5 Å². The van der Waals surface area contributed by atoms with Crippen molar-refractivity contribution in [2.45, 2.75) is 19.4 Å². The molecule has 0 heterocycles. The third-order valence-electron chi connectivity index (χ3n) is 3.31. The molecule has 24 heavy (non-hydrogen) atoms. The van der Waals surface area contributed by atoms with Gasteiger partial charge in [0.15, 0.2) is 0 Å². The molecule has 0 bridgehead atoms. The number of nitrogens with one attached hydrogen (secondary N) is 2. The van der Waals surface area contributed by atoms with E-state index in [0.717, 1.165) is 5.69 Å². The smallest absolute Gasteiger partial charge is 0.270 e. The molecule has 1 atom stereocenters. The third kappa shape index (κ3) is 4.91. The largest absolute Gasteiger partial charge is 0.374 e. The monoisotopic (exact) mass is 326 g/mol. The number of hydrazone groups is 1. The lowest BCUT2D eigenvalue weighted by Gasteiger charge is -2.16. The van der Waals surface area contributed by atoms with E-state index in [1.165, 1.54) is 18.3 Å². The topological polar surface area (TPSA) is 96.6 Å². The highest BCUT2D eigenvalue weighted by Gasteiger charge is 2.15. The minimum absolute atomic E-state index is 0.0255. The number of nitro groups is 1. The number of nitro benzene ring substituents is 1. The molecule has 0 aromatic heterocycles. The zero-order chi connectivity index (χ0) is 17.4. The van der Waals surface area contributed by atoms with Crippen LogP contribution in [0, 0.1) is 10.1 Å². The molecule has 7 heteroatoms. The molecule has 2 aromatic rings. The molecule has 0 aliphatic rings. The van der Waals surface area contributed by atoms with Crippen LogP contribution in [0.15, 0.2) is 59.7 Å². The molecule has 2 rings (SSSR count). The summed E-state index contributed by atoms with van der Waals surface area (Å²) in [4.78, 5) is 22.4. The highest BCUT2D eigenvalue weighted by atomic mass is 16.6. The minimum Gasteiger partial charge on any atom is -0.374 e. The Labute approximate surface area is 139 Å². The van der Waals surface area contributed by atoms with Gasteiger partial charge in [-0.15, -0.1) is 0 Å². The van der Waals surface area contributed by atoms with Gasteiger partial charge in [-0.3, -0.25) is 14.9 Å². The molecule has 0 saturated heterocycles. The van der Waals surface area contributed by atoms with Crippen LogP contribution in [0.4, 0.5) is 11.4 Å².